The van der Waals surface area contributed by atoms with Crippen LogP contribution in [0.3, 0.4) is 0 Å². The summed E-state index contributed by atoms with van der Waals surface area (Å²) in [6, 6.07) is 0. The molecule has 1 aromatic heterocycles. The highest BCUT2D eigenvalue weighted by Crippen LogP contribution is 2.22. The van der Waals surface area contributed by atoms with Crippen molar-refractivity contribution in [2.24, 2.45) is 5.92 Å². The minimum absolute atomic E-state index is 0.238. The zero-order valence-electron chi connectivity index (χ0n) is 8.55. The lowest BCUT2D eigenvalue weighted by Gasteiger charge is -2.38. The number of hydrogen-bond donors (Lipinski definition) is 1. The maximum atomic E-state index is 10.4. The Morgan fingerprint density at radius 3 is 2.67 bits per heavy atom. The number of nitrogens with zero attached hydrogens (tertiary/aromatic N) is 3. The van der Waals surface area contributed by atoms with E-state index < -0.39 is 5.97 Å². The molecular weight excluding hydrogens is 194 g/mol. The third kappa shape index (κ3) is 2.23. The van der Waals surface area contributed by atoms with Gasteiger partial charge in [-0.05, 0) is 12.5 Å². The summed E-state index contributed by atoms with van der Waals surface area (Å²) in [6.45, 7) is 3.43. The summed E-state index contributed by atoms with van der Waals surface area (Å²) in [7, 11) is 0. The Hall–Kier alpha value is -1.65. The number of rotatable bonds is 3. The average Bonchev–Trinajstić information content (AvgIpc) is 2.12. The summed E-state index contributed by atoms with van der Waals surface area (Å²) in [5, 5.41) is 8.59. The summed E-state index contributed by atoms with van der Waals surface area (Å²) < 4.78 is 0. The van der Waals surface area contributed by atoms with Gasteiger partial charge in [0.15, 0.2) is 0 Å². The second-order valence-electron chi connectivity index (χ2n) is 3.93. The molecule has 1 aromatic rings. The summed E-state index contributed by atoms with van der Waals surface area (Å²) in [5.74, 6) is 0.208. The van der Waals surface area contributed by atoms with Crippen LogP contribution in [0.4, 0.5) is 5.95 Å². The number of anilines is 1. The minimum Gasteiger partial charge on any atom is -0.481 e. The molecule has 2 rings (SSSR count). The van der Waals surface area contributed by atoms with Gasteiger partial charge in [0.1, 0.15) is 0 Å². The van der Waals surface area contributed by atoms with Crippen LogP contribution in [0.25, 0.3) is 0 Å². The molecule has 0 saturated carbocycles. The van der Waals surface area contributed by atoms with Gasteiger partial charge in [0.05, 0.1) is 6.42 Å². The number of aromatic nitrogens is 2. The number of carboxylic acid groups (broad SMARTS) is 1. The second-order valence-corrected chi connectivity index (χ2v) is 3.93. The quantitative estimate of drug-likeness (QED) is 0.790. The van der Waals surface area contributed by atoms with E-state index in [0.29, 0.717) is 5.95 Å². The van der Waals surface area contributed by atoms with Gasteiger partial charge in [-0.2, -0.15) is 0 Å². The van der Waals surface area contributed by atoms with Gasteiger partial charge in [0.25, 0.3) is 0 Å². The van der Waals surface area contributed by atoms with Crippen molar-refractivity contribution in [3.63, 3.8) is 0 Å². The lowest BCUT2D eigenvalue weighted by atomic mass is 9.97. The molecule has 0 bridgehead atoms. The number of carboxylic acids is 1. The smallest absolute Gasteiger partial charge is 0.303 e. The number of hydrogen-bond acceptors (Lipinski definition) is 4. The fourth-order valence-corrected chi connectivity index (χ4v) is 1.66. The molecular formula is C10H13N3O2. The molecule has 1 fully saturated rings. The second kappa shape index (κ2) is 3.84. The zero-order valence-corrected chi connectivity index (χ0v) is 8.55. The van der Waals surface area contributed by atoms with Crippen LogP contribution < -0.4 is 4.90 Å². The fourth-order valence-electron chi connectivity index (χ4n) is 1.66. The van der Waals surface area contributed by atoms with Gasteiger partial charge in [-0.1, -0.05) is 0 Å². The van der Waals surface area contributed by atoms with Crippen molar-refractivity contribution in [3.8, 4) is 0 Å². The third-order valence-electron chi connectivity index (χ3n) is 2.47. The average molecular weight is 207 g/mol. The molecule has 2 heterocycles. The molecule has 1 aliphatic heterocycles. The molecule has 0 aromatic carbocycles. The van der Waals surface area contributed by atoms with E-state index in [0.717, 1.165) is 18.7 Å². The first-order valence-electron chi connectivity index (χ1n) is 4.90. The molecule has 0 aliphatic carbocycles. The van der Waals surface area contributed by atoms with Gasteiger partial charge in [-0.3, -0.25) is 4.79 Å². The van der Waals surface area contributed by atoms with Crippen LogP contribution in [0.15, 0.2) is 12.4 Å². The first kappa shape index (κ1) is 9.89. The van der Waals surface area contributed by atoms with E-state index in [9.17, 15) is 4.79 Å². The number of aliphatic carboxylic acids is 1. The maximum Gasteiger partial charge on any atom is 0.303 e. The SMILES string of the molecule is Cc1cnc(N2CC(CC(=O)O)C2)nc1. The molecule has 0 atom stereocenters. The van der Waals surface area contributed by atoms with Crippen LogP contribution in [0.5, 0.6) is 0 Å². The first-order chi connectivity index (χ1) is 7.15. The Balaban J connectivity index is 1.89. The molecule has 0 spiro atoms. The highest BCUT2D eigenvalue weighted by atomic mass is 16.4. The molecule has 5 nitrogen and oxygen atoms in total. The van der Waals surface area contributed by atoms with Crippen molar-refractivity contribution >= 4 is 11.9 Å². The number of carbonyl (C=O) groups is 1. The van der Waals surface area contributed by atoms with Crippen LogP contribution in [-0.2, 0) is 4.79 Å². The molecule has 1 aliphatic rings. The van der Waals surface area contributed by atoms with E-state index in [1.165, 1.54) is 0 Å². The van der Waals surface area contributed by atoms with Gasteiger partial charge in [-0.25, -0.2) is 9.97 Å². The Morgan fingerprint density at radius 1 is 1.53 bits per heavy atom. The number of aryl methyl sites for hydroxylation is 1. The molecule has 1 saturated heterocycles. The van der Waals surface area contributed by atoms with Crippen LogP contribution in [0.1, 0.15) is 12.0 Å². The van der Waals surface area contributed by atoms with Gasteiger partial charge >= 0.3 is 5.97 Å². The van der Waals surface area contributed by atoms with E-state index in [1.54, 1.807) is 12.4 Å². The Morgan fingerprint density at radius 2 is 2.13 bits per heavy atom. The van der Waals surface area contributed by atoms with Crippen molar-refractivity contribution in [2.45, 2.75) is 13.3 Å². The Labute approximate surface area is 87.8 Å². The van der Waals surface area contributed by atoms with Crippen molar-refractivity contribution in [3.05, 3.63) is 18.0 Å². The van der Waals surface area contributed by atoms with Gasteiger partial charge in [0, 0.05) is 31.4 Å². The van der Waals surface area contributed by atoms with E-state index in [1.807, 2.05) is 11.8 Å². The summed E-state index contributed by atoms with van der Waals surface area (Å²) in [5.41, 5.74) is 1.03. The third-order valence-corrected chi connectivity index (χ3v) is 2.47. The predicted octanol–water partition coefficient (Wildman–Crippen LogP) is 0.696. The molecule has 5 heteroatoms. The maximum absolute atomic E-state index is 10.4. The fraction of sp³-hybridized carbons (Fsp3) is 0.500. The summed E-state index contributed by atoms with van der Waals surface area (Å²) in [6.07, 6.45) is 3.78. The zero-order chi connectivity index (χ0) is 10.8. The predicted molar refractivity (Wildman–Crippen MR) is 54.7 cm³/mol. The van der Waals surface area contributed by atoms with E-state index in [2.05, 4.69) is 9.97 Å². The molecule has 80 valence electrons. The van der Waals surface area contributed by atoms with Crippen LogP contribution in [0, 0.1) is 12.8 Å². The highest BCUT2D eigenvalue weighted by molar-refractivity contribution is 5.67. The van der Waals surface area contributed by atoms with Gasteiger partial charge < -0.3 is 10.0 Å². The van der Waals surface area contributed by atoms with Crippen LogP contribution in [0.2, 0.25) is 0 Å². The standard InChI is InChI=1S/C10H13N3O2/c1-7-3-11-10(12-4-7)13-5-8(6-13)2-9(14)15/h3-4,8H,2,5-6H2,1H3,(H,14,15). The Kier molecular flexibility index (Phi) is 2.53. The van der Waals surface area contributed by atoms with Crippen molar-refractivity contribution in [2.75, 3.05) is 18.0 Å². The van der Waals surface area contributed by atoms with Crippen molar-refractivity contribution in [1.29, 1.82) is 0 Å². The van der Waals surface area contributed by atoms with Gasteiger partial charge in [-0.15, -0.1) is 0 Å². The molecule has 0 unspecified atom stereocenters. The lowest BCUT2D eigenvalue weighted by Crippen LogP contribution is -2.48. The highest BCUT2D eigenvalue weighted by Gasteiger charge is 2.29. The van der Waals surface area contributed by atoms with Gasteiger partial charge in [0.2, 0.25) is 5.95 Å². The van der Waals surface area contributed by atoms with Crippen molar-refractivity contribution < 1.29 is 9.90 Å². The first-order valence-corrected chi connectivity index (χ1v) is 4.90. The van der Waals surface area contributed by atoms with E-state index >= 15 is 0 Å². The Bertz CT molecular complexity index is 357. The van der Waals surface area contributed by atoms with Crippen LogP contribution >= 0.6 is 0 Å². The molecule has 1 N–H and O–H groups in total. The summed E-state index contributed by atoms with van der Waals surface area (Å²) in [4.78, 5) is 20.8. The minimum atomic E-state index is -0.732. The topological polar surface area (TPSA) is 66.3 Å². The van der Waals surface area contributed by atoms with E-state index in [-0.39, 0.29) is 12.3 Å². The summed E-state index contributed by atoms with van der Waals surface area (Å²) >= 11 is 0. The normalized spacial score (nSPS) is 16.2. The molecule has 0 radical (unpaired) electrons. The van der Waals surface area contributed by atoms with Crippen molar-refractivity contribution in [1.82, 2.24) is 9.97 Å². The monoisotopic (exact) mass is 207 g/mol. The largest absolute Gasteiger partial charge is 0.481 e. The molecule has 0 amide bonds. The van der Waals surface area contributed by atoms with E-state index in [4.69, 9.17) is 5.11 Å². The lowest BCUT2D eigenvalue weighted by molar-refractivity contribution is -0.138. The van der Waals surface area contributed by atoms with Crippen LogP contribution in [-0.4, -0.2) is 34.1 Å². The molecule has 15 heavy (non-hydrogen) atoms.